The van der Waals surface area contributed by atoms with E-state index in [2.05, 4.69) is 40.4 Å². The van der Waals surface area contributed by atoms with Crippen LogP contribution < -0.4 is 15.4 Å². The van der Waals surface area contributed by atoms with E-state index in [1.54, 1.807) is 14.2 Å². The topological polar surface area (TPSA) is 58.1 Å². The van der Waals surface area contributed by atoms with Gasteiger partial charge in [0, 0.05) is 38.8 Å². The Kier molecular flexibility index (Phi) is 7.34. The van der Waals surface area contributed by atoms with Gasteiger partial charge < -0.3 is 20.1 Å². The van der Waals surface area contributed by atoms with Crippen molar-refractivity contribution in [2.24, 2.45) is 4.99 Å². The lowest BCUT2D eigenvalue weighted by atomic mass is 10.2. The number of morpholine rings is 1. The summed E-state index contributed by atoms with van der Waals surface area (Å²) in [6.07, 6.45) is 0. The van der Waals surface area contributed by atoms with E-state index in [-0.39, 0.29) is 0 Å². The Bertz CT molecular complexity index is 536. The van der Waals surface area contributed by atoms with Crippen LogP contribution in [0.1, 0.15) is 19.4 Å². The predicted octanol–water partition coefficient (Wildman–Crippen LogP) is 1.47. The zero-order valence-electron chi connectivity index (χ0n) is 15.2. The standard InChI is InChI=1S/C18H30N4O2/c1-14(22-8-9-24-13-15(22)2)11-20-18(19-3)21-12-16-6-5-7-17(10-16)23-4/h5-7,10,14-15H,8-9,11-13H2,1-4H3,(H2,19,20,21). The first-order chi connectivity index (χ1) is 11.6. The van der Waals surface area contributed by atoms with Crippen LogP contribution in [0.5, 0.6) is 5.75 Å². The van der Waals surface area contributed by atoms with Crippen LogP contribution in [0, 0.1) is 0 Å². The van der Waals surface area contributed by atoms with Gasteiger partial charge in [0.05, 0.1) is 20.3 Å². The highest BCUT2D eigenvalue weighted by molar-refractivity contribution is 5.79. The molecule has 2 rings (SSSR count). The third-order valence-electron chi connectivity index (χ3n) is 4.37. The number of nitrogens with zero attached hydrogens (tertiary/aromatic N) is 2. The minimum Gasteiger partial charge on any atom is -0.497 e. The van der Waals surface area contributed by atoms with Gasteiger partial charge >= 0.3 is 0 Å². The van der Waals surface area contributed by atoms with E-state index in [0.717, 1.165) is 43.6 Å². The summed E-state index contributed by atoms with van der Waals surface area (Å²) in [5, 5.41) is 6.76. The quantitative estimate of drug-likeness (QED) is 0.609. The van der Waals surface area contributed by atoms with Crippen molar-refractivity contribution < 1.29 is 9.47 Å². The number of ether oxygens (including phenoxy) is 2. The van der Waals surface area contributed by atoms with Crippen LogP contribution in [-0.4, -0.2) is 63.4 Å². The maximum absolute atomic E-state index is 5.51. The lowest BCUT2D eigenvalue weighted by molar-refractivity contribution is -0.0174. The van der Waals surface area contributed by atoms with Crippen molar-refractivity contribution in [2.45, 2.75) is 32.5 Å². The molecule has 1 saturated heterocycles. The van der Waals surface area contributed by atoms with Crippen molar-refractivity contribution in [2.75, 3.05) is 40.5 Å². The van der Waals surface area contributed by atoms with Crippen LogP contribution in [0.4, 0.5) is 0 Å². The van der Waals surface area contributed by atoms with E-state index >= 15 is 0 Å². The zero-order chi connectivity index (χ0) is 17.4. The fraction of sp³-hybridized carbons (Fsp3) is 0.611. The molecule has 1 aliphatic heterocycles. The molecule has 1 aromatic carbocycles. The van der Waals surface area contributed by atoms with E-state index in [1.165, 1.54) is 0 Å². The molecule has 1 heterocycles. The Morgan fingerprint density at radius 1 is 1.46 bits per heavy atom. The van der Waals surface area contributed by atoms with Gasteiger partial charge in [-0.3, -0.25) is 9.89 Å². The Morgan fingerprint density at radius 3 is 3.00 bits per heavy atom. The number of nitrogens with one attached hydrogen (secondary N) is 2. The highest BCUT2D eigenvalue weighted by Gasteiger charge is 2.23. The molecule has 2 atom stereocenters. The van der Waals surface area contributed by atoms with E-state index in [4.69, 9.17) is 9.47 Å². The van der Waals surface area contributed by atoms with E-state index in [9.17, 15) is 0 Å². The molecule has 1 fully saturated rings. The molecule has 0 saturated carbocycles. The second-order valence-corrected chi connectivity index (χ2v) is 6.17. The molecule has 0 bridgehead atoms. The molecule has 1 aliphatic rings. The van der Waals surface area contributed by atoms with Crippen molar-refractivity contribution >= 4 is 5.96 Å². The first kappa shape index (κ1) is 18.5. The average Bonchev–Trinajstić information content (AvgIpc) is 2.62. The molecule has 134 valence electrons. The molecule has 2 unspecified atom stereocenters. The van der Waals surface area contributed by atoms with Crippen molar-refractivity contribution in [3.63, 3.8) is 0 Å². The minimum absolute atomic E-state index is 0.430. The summed E-state index contributed by atoms with van der Waals surface area (Å²) in [4.78, 5) is 6.78. The Labute approximate surface area is 145 Å². The molecule has 0 spiro atoms. The van der Waals surface area contributed by atoms with Crippen molar-refractivity contribution in [1.29, 1.82) is 0 Å². The third kappa shape index (κ3) is 5.39. The summed E-state index contributed by atoms with van der Waals surface area (Å²) in [6, 6.07) is 8.93. The monoisotopic (exact) mass is 334 g/mol. The summed E-state index contributed by atoms with van der Waals surface area (Å²) in [5.41, 5.74) is 1.16. The number of hydrogen-bond donors (Lipinski definition) is 2. The van der Waals surface area contributed by atoms with Gasteiger partial charge in [-0.25, -0.2) is 0 Å². The number of benzene rings is 1. The van der Waals surface area contributed by atoms with Crippen molar-refractivity contribution in [3.8, 4) is 5.75 Å². The van der Waals surface area contributed by atoms with E-state index in [0.29, 0.717) is 18.6 Å². The zero-order valence-corrected chi connectivity index (χ0v) is 15.2. The molecule has 24 heavy (non-hydrogen) atoms. The summed E-state index contributed by atoms with van der Waals surface area (Å²) < 4.78 is 10.8. The fourth-order valence-corrected chi connectivity index (χ4v) is 2.95. The number of aliphatic imine (C=N–C) groups is 1. The molecule has 0 amide bonds. The van der Waals surface area contributed by atoms with Gasteiger partial charge in [0.25, 0.3) is 0 Å². The van der Waals surface area contributed by atoms with Crippen LogP contribution in [0.15, 0.2) is 29.3 Å². The number of methoxy groups -OCH3 is 1. The smallest absolute Gasteiger partial charge is 0.191 e. The molecular weight excluding hydrogens is 304 g/mol. The van der Waals surface area contributed by atoms with Crippen molar-refractivity contribution in [1.82, 2.24) is 15.5 Å². The average molecular weight is 334 g/mol. The van der Waals surface area contributed by atoms with Crippen LogP contribution in [0.2, 0.25) is 0 Å². The van der Waals surface area contributed by atoms with Crippen LogP contribution in [-0.2, 0) is 11.3 Å². The highest BCUT2D eigenvalue weighted by atomic mass is 16.5. The molecule has 0 aliphatic carbocycles. The SMILES string of the molecule is CN=C(NCc1cccc(OC)c1)NCC(C)N1CCOCC1C. The summed E-state index contributed by atoms with van der Waals surface area (Å²) in [5.74, 6) is 1.68. The van der Waals surface area contributed by atoms with E-state index < -0.39 is 0 Å². The third-order valence-corrected chi connectivity index (χ3v) is 4.37. The normalized spacial score (nSPS) is 20.5. The second-order valence-electron chi connectivity index (χ2n) is 6.17. The van der Waals surface area contributed by atoms with Gasteiger partial charge in [-0.2, -0.15) is 0 Å². The number of guanidine groups is 1. The van der Waals surface area contributed by atoms with Gasteiger partial charge in [-0.1, -0.05) is 12.1 Å². The molecule has 6 nitrogen and oxygen atoms in total. The van der Waals surface area contributed by atoms with Gasteiger partial charge in [0.15, 0.2) is 5.96 Å². The maximum atomic E-state index is 5.51. The lowest BCUT2D eigenvalue weighted by Gasteiger charge is -2.38. The first-order valence-corrected chi connectivity index (χ1v) is 8.55. The summed E-state index contributed by atoms with van der Waals surface area (Å²) >= 11 is 0. The van der Waals surface area contributed by atoms with E-state index in [1.807, 2.05) is 18.2 Å². The molecule has 2 N–H and O–H groups in total. The molecule has 6 heteroatoms. The van der Waals surface area contributed by atoms with Crippen LogP contribution >= 0.6 is 0 Å². The fourth-order valence-electron chi connectivity index (χ4n) is 2.95. The lowest BCUT2D eigenvalue weighted by Crippen LogP contribution is -2.52. The van der Waals surface area contributed by atoms with Gasteiger partial charge in [-0.15, -0.1) is 0 Å². The molecular formula is C18H30N4O2. The highest BCUT2D eigenvalue weighted by Crippen LogP contribution is 2.12. The number of rotatable bonds is 6. The maximum Gasteiger partial charge on any atom is 0.191 e. The largest absolute Gasteiger partial charge is 0.497 e. The number of hydrogen-bond acceptors (Lipinski definition) is 4. The molecule has 0 radical (unpaired) electrons. The Balaban J connectivity index is 1.79. The van der Waals surface area contributed by atoms with Gasteiger partial charge in [-0.05, 0) is 31.5 Å². The molecule has 0 aromatic heterocycles. The summed E-state index contributed by atoms with van der Waals surface area (Å²) in [7, 11) is 3.48. The first-order valence-electron chi connectivity index (χ1n) is 8.55. The Hall–Kier alpha value is -1.79. The Morgan fingerprint density at radius 2 is 2.29 bits per heavy atom. The summed E-state index contributed by atoms with van der Waals surface area (Å²) in [6.45, 7) is 8.63. The minimum atomic E-state index is 0.430. The van der Waals surface area contributed by atoms with Crippen LogP contribution in [0.25, 0.3) is 0 Å². The second kappa shape index (κ2) is 9.49. The van der Waals surface area contributed by atoms with Gasteiger partial charge in [0.2, 0.25) is 0 Å². The van der Waals surface area contributed by atoms with Crippen LogP contribution in [0.3, 0.4) is 0 Å². The van der Waals surface area contributed by atoms with Crippen molar-refractivity contribution in [3.05, 3.63) is 29.8 Å². The predicted molar refractivity (Wildman–Crippen MR) is 97.6 cm³/mol. The van der Waals surface area contributed by atoms with Gasteiger partial charge in [0.1, 0.15) is 5.75 Å². The molecule has 1 aromatic rings.